The lowest BCUT2D eigenvalue weighted by Gasteiger charge is -2.19. The van der Waals surface area contributed by atoms with E-state index in [0.717, 1.165) is 12.2 Å². The molecular weight excluding hydrogens is 164 g/mol. The second-order valence-electron chi connectivity index (χ2n) is 3.66. The normalized spacial score (nSPS) is 27.8. The molecule has 1 heterocycles. The van der Waals surface area contributed by atoms with Gasteiger partial charge < -0.3 is 11.1 Å². The monoisotopic (exact) mass is 180 g/mol. The minimum absolute atomic E-state index is 0.544. The first-order valence-electron chi connectivity index (χ1n) is 4.85. The number of rotatable bonds is 3. The molecule has 4 N–H and O–H groups in total. The molecule has 4 nitrogen and oxygen atoms in total. The van der Waals surface area contributed by atoms with Crippen LogP contribution in [0.4, 0.5) is 5.69 Å². The fraction of sp³-hybridized carbons (Fsp3) is 0.667. The molecule has 0 radical (unpaired) electrons. The Balaban J connectivity index is 1.94. The third-order valence-corrected chi connectivity index (χ3v) is 2.81. The quantitative estimate of drug-likeness (QED) is 0.648. The summed E-state index contributed by atoms with van der Waals surface area (Å²) in [6.45, 7) is 0.787. The first-order chi connectivity index (χ1) is 6.40. The van der Waals surface area contributed by atoms with Gasteiger partial charge in [0.05, 0.1) is 11.9 Å². The van der Waals surface area contributed by atoms with Gasteiger partial charge >= 0.3 is 0 Å². The lowest BCUT2D eigenvalue weighted by Crippen LogP contribution is -2.29. The Bertz CT molecular complexity index is 244. The number of nitrogens with zero attached hydrogens (tertiary/aromatic N) is 1. The van der Waals surface area contributed by atoms with Gasteiger partial charge in [-0.15, -0.1) is 0 Å². The standard InChI is InChI=1S/C9H16N4/c10-4-7-2-1-3-9(7)13-8-5-11-12-6-8/h5-7,9,13H,1-4,10H2,(H,11,12). The number of nitrogens with two attached hydrogens (primary N) is 1. The van der Waals surface area contributed by atoms with Crippen LogP contribution in [-0.4, -0.2) is 22.8 Å². The van der Waals surface area contributed by atoms with E-state index in [1.54, 1.807) is 0 Å². The van der Waals surface area contributed by atoms with Crippen molar-refractivity contribution in [2.75, 3.05) is 11.9 Å². The van der Waals surface area contributed by atoms with Gasteiger partial charge in [0, 0.05) is 12.2 Å². The topological polar surface area (TPSA) is 66.7 Å². The Morgan fingerprint density at radius 3 is 3.23 bits per heavy atom. The van der Waals surface area contributed by atoms with Crippen molar-refractivity contribution in [1.82, 2.24) is 10.2 Å². The lowest BCUT2D eigenvalue weighted by atomic mass is 10.0. The number of aromatic nitrogens is 2. The van der Waals surface area contributed by atoms with Gasteiger partial charge in [0.1, 0.15) is 0 Å². The maximum atomic E-state index is 5.69. The zero-order chi connectivity index (χ0) is 9.10. The van der Waals surface area contributed by atoms with E-state index in [9.17, 15) is 0 Å². The number of nitrogens with one attached hydrogen (secondary N) is 2. The zero-order valence-corrected chi connectivity index (χ0v) is 7.66. The maximum Gasteiger partial charge on any atom is 0.0726 e. The molecule has 1 saturated carbocycles. The molecule has 0 bridgehead atoms. The molecule has 1 aliphatic carbocycles. The summed E-state index contributed by atoms with van der Waals surface area (Å²) in [5, 5.41) is 10.1. The molecule has 1 aliphatic rings. The van der Waals surface area contributed by atoms with Crippen molar-refractivity contribution >= 4 is 5.69 Å². The highest BCUT2D eigenvalue weighted by atomic mass is 15.1. The zero-order valence-electron chi connectivity index (χ0n) is 7.66. The van der Waals surface area contributed by atoms with Crippen molar-refractivity contribution in [3.8, 4) is 0 Å². The Hall–Kier alpha value is -1.03. The predicted molar refractivity (Wildman–Crippen MR) is 52.4 cm³/mol. The van der Waals surface area contributed by atoms with Gasteiger partial charge in [-0.3, -0.25) is 5.10 Å². The number of aromatic amines is 1. The van der Waals surface area contributed by atoms with Crippen LogP contribution in [0, 0.1) is 5.92 Å². The average Bonchev–Trinajstić information content (AvgIpc) is 2.76. The smallest absolute Gasteiger partial charge is 0.0726 e. The summed E-state index contributed by atoms with van der Waals surface area (Å²) < 4.78 is 0. The summed E-state index contributed by atoms with van der Waals surface area (Å²) in [6.07, 6.45) is 7.47. The van der Waals surface area contributed by atoms with Crippen LogP contribution in [-0.2, 0) is 0 Å². The average molecular weight is 180 g/mol. The molecule has 0 aliphatic heterocycles. The summed E-state index contributed by atoms with van der Waals surface area (Å²) in [7, 11) is 0. The van der Waals surface area contributed by atoms with Gasteiger partial charge in [0.15, 0.2) is 0 Å². The minimum atomic E-state index is 0.544. The van der Waals surface area contributed by atoms with E-state index < -0.39 is 0 Å². The molecular formula is C9H16N4. The van der Waals surface area contributed by atoms with Crippen LogP contribution in [0.2, 0.25) is 0 Å². The third kappa shape index (κ3) is 1.83. The van der Waals surface area contributed by atoms with Gasteiger partial charge in [-0.2, -0.15) is 5.10 Å². The summed E-state index contributed by atoms with van der Waals surface area (Å²) in [5.74, 6) is 0.634. The van der Waals surface area contributed by atoms with Crippen LogP contribution in [0.1, 0.15) is 19.3 Å². The summed E-state index contributed by atoms with van der Waals surface area (Å²) in [6, 6.07) is 0.544. The number of H-pyrrole nitrogens is 1. The molecule has 0 saturated heterocycles. The molecule has 13 heavy (non-hydrogen) atoms. The number of hydrogen-bond donors (Lipinski definition) is 3. The highest BCUT2D eigenvalue weighted by Gasteiger charge is 2.25. The highest BCUT2D eigenvalue weighted by molar-refractivity contribution is 5.39. The van der Waals surface area contributed by atoms with Crippen molar-refractivity contribution < 1.29 is 0 Å². The summed E-state index contributed by atoms with van der Waals surface area (Å²) in [4.78, 5) is 0. The molecule has 1 fully saturated rings. The lowest BCUT2D eigenvalue weighted by molar-refractivity contribution is 0.516. The van der Waals surface area contributed by atoms with Crippen LogP contribution in [0.3, 0.4) is 0 Å². The minimum Gasteiger partial charge on any atom is -0.379 e. The molecule has 2 rings (SSSR count). The number of hydrogen-bond acceptors (Lipinski definition) is 3. The Labute approximate surface area is 77.9 Å². The molecule has 0 aromatic carbocycles. The SMILES string of the molecule is NCC1CCCC1Nc1cn[nH]c1. The largest absolute Gasteiger partial charge is 0.379 e. The number of anilines is 1. The third-order valence-electron chi connectivity index (χ3n) is 2.81. The molecule has 72 valence electrons. The van der Waals surface area contributed by atoms with Gasteiger partial charge in [-0.25, -0.2) is 0 Å². The Morgan fingerprint density at radius 2 is 2.54 bits per heavy atom. The molecule has 0 amide bonds. The molecule has 2 atom stereocenters. The van der Waals surface area contributed by atoms with Crippen molar-refractivity contribution in [2.45, 2.75) is 25.3 Å². The summed E-state index contributed by atoms with van der Waals surface area (Å²) in [5.41, 5.74) is 6.76. The molecule has 4 heteroatoms. The van der Waals surface area contributed by atoms with Crippen LogP contribution in [0.25, 0.3) is 0 Å². The van der Waals surface area contributed by atoms with E-state index in [-0.39, 0.29) is 0 Å². The second kappa shape index (κ2) is 3.79. The van der Waals surface area contributed by atoms with Gasteiger partial charge in [-0.05, 0) is 25.3 Å². The van der Waals surface area contributed by atoms with E-state index >= 15 is 0 Å². The van der Waals surface area contributed by atoms with Crippen molar-refractivity contribution in [1.29, 1.82) is 0 Å². The fourth-order valence-corrected chi connectivity index (χ4v) is 2.05. The van der Waals surface area contributed by atoms with E-state index in [1.807, 2.05) is 12.4 Å². The first-order valence-corrected chi connectivity index (χ1v) is 4.85. The van der Waals surface area contributed by atoms with Gasteiger partial charge in [0.25, 0.3) is 0 Å². The van der Waals surface area contributed by atoms with E-state index in [2.05, 4.69) is 15.5 Å². The first kappa shape index (κ1) is 8.56. The van der Waals surface area contributed by atoms with E-state index in [4.69, 9.17) is 5.73 Å². The van der Waals surface area contributed by atoms with Crippen molar-refractivity contribution in [2.24, 2.45) is 11.7 Å². The maximum absolute atomic E-state index is 5.69. The Kier molecular flexibility index (Phi) is 2.49. The van der Waals surface area contributed by atoms with E-state index in [0.29, 0.717) is 12.0 Å². The summed E-state index contributed by atoms with van der Waals surface area (Å²) >= 11 is 0. The van der Waals surface area contributed by atoms with Crippen molar-refractivity contribution in [3.63, 3.8) is 0 Å². The Morgan fingerprint density at radius 1 is 1.62 bits per heavy atom. The van der Waals surface area contributed by atoms with Crippen LogP contribution in [0.15, 0.2) is 12.4 Å². The van der Waals surface area contributed by atoms with Crippen LogP contribution < -0.4 is 11.1 Å². The molecule has 1 aromatic heterocycles. The van der Waals surface area contributed by atoms with E-state index in [1.165, 1.54) is 19.3 Å². The van der Waals surface area contributed by atoms with Crippen LogP contribution in [0.5, 0.6) is 0 Å². The van der Waals surface area contributed by atoms with Gasteiger partial charge in [-0.1, -0.05) is 6.42 Å². The van der Waals surface area contributed by atoms with Crippen LogP contribution >= 0.6 is 0 Å². The fourth-order valence-electron chi connectivity index (χ4n) is 2.05. The molecule has 2 unspecified atom stereocenters. The second-order valence-corrected chi connectivity index (χ2v) is 3.66. The van der Waals surface area contributed by atoms with Gasteiger partial charge in [0.2, 0.25) is 0 Å². The molecule has 1 aromatic rings. The highest BCUT2D eigenvalue weighted by Crippen LogP contribution is 2.27. The molecule has 0 spiro atoms. The van der Waals surface area contributed by atoms with Crippen molar-refractivity contribution in [3.05, 3.63) is 12.4 Å². The predicted octanol–water partition coefficient (Wildman–Crippen LogP) is 0.949.